The average molecular weight is 242 g/mol. The third kappa shape index (κ3) is 4.64. The van der Waals surface area contributed by atoms with Gasteiger partial charge in [0.15, 0.2) is 0 Å². The second-order valence-electron chi connectivity index (χ2n) is 3.73. The van der Waals surface area contributed by atoms with E-state index >= 15 is 0 Å². The summed E-state index contributed by atoms with van der Waals surface area (Å²) >= 11 is 0. The first-order chi connectivity index (χ1) is 7.99. The molecule has 0 fully saturated rings. The van der Waals surface area contributed by atoms with Crippen LogP contribution in [0.1, 0.15) is 18.6 Å². The molecule has 7 heteroatoms. The van der Waals surface area contributed by atoms with Crippen LogP contribution in [0.2, 0.25) is 0 Å². The van der Waals surface area contributed by atoms with Crippen LogP contribution in [-0.2, 0) is 11.3 Å². The van der Waals surface area contributed by atoms with Crippen molar-refractivity contribution in [1.29, 1.82) is 0 Å². The van der Waals surface area contributed by atoms with Crippen molar-refractivity contribution in [2.45, 2.75) is 19.4 Å². The Morgan fingerprint density at radius 3 is 2.82 bits per heavy atom. The van der Waals surface area contributed by atoms with Crippen molar-refractivity contribution in [2.24, 2.45) is 0 Å². The molecule has 0 aromatic carbocycles. The average Bonchev–Trinajstić information content (AvgIpc) is 2.65. The van der Waals surface area contributed by atoms with Gasteiger partial charge < -0.3 is 9.52 Å². The molecule has 1 aromatic heterocycles. The minimum Gasteiger partial charge on any atom is -0.481 e. The van der Waals surface area contributed by atoms with Crippen LogP contribution in [0.25, 0.3) is 0 Å². The number of carboxylic acid groups (broad SMARTS) is 1. The number of hydrogen-bond donors (Lipinski definition) is 1. The molecule has 17 heavy (non-hydrogen) atoms. The van der Waals surface area contributed by atoms with Crippen LogP contribution in [0.3, 0.4) is 0 Å². The van der Waals surface area contributed by atoms with Crippen LogP contribution in [0.4, 0.5) is 5.88 Å². The summed E-state index contributed by atoms with van der Waals surface area (Å²) in [4.78, 5) is 21.9. The lowest BCUT2D eigenvalue weighted by Crippen LogP contribution is -2.19. The Balaban J connectivity index is 2.36. The van der Waals surface area contributed by atoms with Gasteiger partial charge in [-0.25, -0.2) is 0 Å². The number of carboxylic acids is 1. The summed E-state index contributed by atoms with van der Waals surface area (Å²) in [6.45, 7) is 1.02. The molecule has 0 aliphatic carbocycles. The number of nitrogens with zero attached hydrogens (tertiary/aromatic N) is 2. The second-order valence-corrected chi connectivity index (χ2v) is 3.73. The first kappa shape index (κ1) is 13.2. The summed E-state index contributed by atoms with van der Waals surface area (Å²) < 4.78 is 4.99. The predicted octanol–water partition coefficient (Wildman–Crippen LogP) is 1.48. The van der Waals surface area contributed by atoms with Crippen LogP contribution in [0, 0.1) is 10.1 Å². The molecule has 0 aliphatic heterocycles. The van der Waals surface area contributed by atoms with E-state index in [0.29, 0.717) is 25.3 Å². The summed E-state index contributed by atoms with van der Waals surface area (Å²) in [5.74, 6) is -0.611. The van der Waals surface area contributed by atoms with E-state index in [-0.39, 0.29) is 12.3 Å². The molecule has 1 heterocycles. The summed E-state index contributed by atoms with van der Waals surface area (Å²) in [6.07, 6.45) is 0.650. The van der Waals surface area contributed by atoms with Gasteiger partial charge in [-0.1, -0.05) is 0 Å². The maximum Gasteiger partial charge on any atom is 0.433 e. The standard InChI is InChI=1S/C10H14N2O5/c1-11(6-2-3-10(13)14)7-8-4-5-9(17-8)12(15)16/h4-5H,2-3,6-7H2,1H3,(H,13,14). The SMILES string of the molecule is CN(CCCC(=O)O)Cc1ccc([N+](=O)[O-])o1. The summed E-state index contributed by atoms with van der Waals surface area (Å²) in [7, 11) is 1.80. The number of rotatable bonds is 7. The molecule has 0 spiro atoms. The first-order valence-corrected chi connectivity index (χ1v) is 5.12. The third-order valence-corrected chi connectivity index (χ3v) is 2.18. The lowest BCUT2D eigenvalue weighted by Gasteiger charge is -2.13. The summed E-state index contributed by atoms with van der Waals surface area (Å²) in [6, 6.07) is 2.85. The van der Waals surface area contributed by atoms with E-state index in [2.05, 4.69) is 0 Å². The fourth-order valence-electron chi connectivity index (χ4n) is 1.39. The predicted molar refractivity (Wildman–Crippen MR) is 58.6 cm³/mol. The zero-order valence-electron chi connectivity index (χ0n) is 9.46. The lowest BCUT2D eigenvalue weighted by molar-refractivity contribution is -0.402. The molecule has 0 radical (unpaired) electrons. The lowest BCUT2D eigenvalue weighted by atomic mass is 10.3. The maximum absolute atomic E-state index is 10.4. The summed E-state index contributed by atoms with van der Waals surface area (Å²) in [5, 5.41) is 18.8. The fraction of sp³-hybridized carbons (Fsp3) is 0.500. The van der Waals surface area contributed by atoms with Crippen molar-refractivity contribution in [3.8, 4) is 0 Å². The largest absolute Gasteiger partial charge is 0.481 e. The van der Waals surface area contributed by atoms with E-state index in [0.717, 1.165) is 0 Å². The van der Waals surface area contributed by atoms with Crippen molar-refractivity contribution in [2.75, 3.05) is 13.6 Å². The Labute approximate surface area is 97.8 Å². The van der Waals surface area contributed by atoms with Crippen LogP contribution >= 0.6 is 0 Å². The number of aliphatic carboxylic acids is 1. The van der Waals surface area contributed by atoms with E-state index in [1.54, 1.807) is 13.1 Å². The van der Waals surface area contributed by atoms with E-state index < -0.39 is 10.9 Å². The zero-order valence-corrected chi connectivity index (χ0v) is 9.46. The highest BCUT2D eigenvalue weighted by molar-refractivity contribution is 5.66. The number of nitro groups is 1. The third-order valence-electron chi connectivity index (χ3n) is 2.18. The van der Waals surface area contributed by atoms with Gasteiger partial charge in [-0.2, -0.15) is 0 Å². The molecule has 0 atom stereocenters. The molecule has 1 rings (SSSR count). The molecular weight excluding hydrogens is 228 g/mol. The first-order valence-electron chi connectivity index (χ1n) is 5.12. The normalized spacial score (nSPS) is 10.7. The van der Waals surface area contributed by atoms with E-state index in [1.807, 2.05) is 4.90 Å². The molecule has 0 unspecified atom stereocenters. The minimum atomic E-state index is -0.827. The minimum absolute atomic E-state index is 0.114. The Kier molecular flexibility index (Phi) is 4.65. The molecule has 1 N–H and O–H groups in total. The molecule has 7 nitrogen and oxygen atoms in total. The van der Waals surface area contributed by atoms with Crippen molar-refractivity contribution >= 4 is 11.9 Å². The molecule has 0 amide bonds. The molecule has 0 saturated heterocycles. The molecule has 0 aliphatic rings. The molecule has 94 valence electrons. The smallest absolute Gasteiger partial charge is 0.433 e. The molecular formula is C10H14N2O5. The van der Waals surface area contributed by atoms with E-state index in [1.165, 1.54) is 6.07 Å². The number of carbonyl (C=O) groups is 1. The highest BCUT2D eigenvalue weighted by atomic mass is 16.6. The van der Waals surface area contributed by atoms with Crippen molar-refractivity contribution in [3.05, 3.63) is 28.0 Å². The second kappa shape index (κ2) is 6.00. The quantitative estimate of drug-likeness (QED) is 0.574. The van der Waals surface area contributed by atoms with Crippen LogP contribution in [0.5, 0.6) is 0 Å². The Hall–Kier alpha value is -1.89. The van der Waals surface area contributed by atoms with Gasteiger partial charge >= 0.3 is 11.9 Å². The van der Waals surface area contributed by atoms with Crippen LogP contribution in [-0.4, -0.2) is 34.5 Å². The Bertz CT molecular complexity index is 401. The van der Waals surface area contributed by atoms with Crippen molar-refractivity contribution in [1.82, 2.24) is 4.90 Å². The van der Waals surface area contributed by atoms with Crippen LogP contribution < -0.4 is 0 Å². The van der Waals surface area contributed by atoms with E-state index in [4.69, 9.17) is 9.52 Å². The van der Waals surface area contributed by atoms with Gasteiger partial charge in [-0.05, 0) is 26.1 Å². The van der Waals surface area contributed by atoms with Crippen LogP contribution in [0.15, 0.2) is 16.5 Å². The topological polar surface area (TPSA) is 96.8 Å². The highest BCUT2D eigenvalue weighted by Gasteiger charge is 2.12. The Morgan fingerprint density at radius 1 is 1.59 bits per heavy atom. The van der Waals surface area contributed by atoms with Gasteiger partial charge in [0.1, 0.15) is 10.7 Å². The Morgan fingerprint density at radius 2 is 2.29 bits per heavy atom. The van der Waals surface area contributed by atoms with Gasteiger partial charge in [0, 0.05) is 6.42 Å². The van der Waals surface area contributed by atoms with Crippen molar-refractivity contribution in [3.63, 3.8) is 0 Å². The zero-order chi connectivity index (χ0) is 12.8. The van der Waals surface area contributed by atoms with Gasteiger partial charge in [-0.3, -0.25) is 19.8 Å². The molecule has 0 saturated carbocycles. The number of furan rings is 1. The van der Waals surface area contributed by atoms with Gasteiger partial charge in [0.2, 0.25) is 0 Å². The van der Waals surface area contributed by atoms with E-state index in [9.17, 15) is 14.9 Å². The maximum atomic E-state index is 10.4. The van der Waals surface area contributed by atoms with Gasteiger partial charge in [0.25, 0.3) is 0 Å². The van der Waals surface area contributed by atoms with Gasteiger partial charge in [-0.15, -0.1) is 0 Å². The number of hydrogen-bond acceptors (Lipinski definition) is 5. The molecule has 0 bridgehead atoms. The van der Waals surface area contributed by atoms with Gasteiger partial charge in [0.05, 0.1) is 12.6 Å². The molecule has 1 aromatic rings. The monoisotopic (exact) mass is 242 g/mol. The fourth-order valence-corrected chi connectivity index (χ4v) is 1.39. The highest BCUT2D eigenvalue weighted by Crippen LogP contribution is 2.16. The summed E-state index contributed by atoms with van der Waals surface area (Å²) in [5.41, 5.74) is 0. The van der Waals surface area contributed by atoms with Crippen molar-refractivity contribution < 1.29 is 19.2 Å².